The van der Waals surface area contributed by atoms with Crippen LogP contribution in [0.1, 0.15) is 62.2 Å². The minimum absolute atomic E-state index is 0.00685. The molecule has 0 aliphatic carbocycles. The maximum atomic E-state index is 13.0. The van der Waals surface area contributed by atoms with Gasteiger partial charge in [0.25, 0.3) is 0 Å². The number of hydrogen-bond donors (Lipinski definition) is 0. The van der Waals surface area contributed by atoms with Gasteiger partial charge in [-0.05, 0) is 33.6 Å². The van der Waals surface area contributed by atoms with E-state index in [2.05, 4.69) is 11.9 Å². The summed E-state index contributed by atoms with van der Waals surface area (Å²) >= 11 is 1.65. The highest BCUT2D eigenvalue weighted by atomic mass is 32.1. The van der Waals surface area contributed by atoms with Crippen LogP contribution in [-0.4, -0.2) is 46.7 Å². The van der Waals surface area contributed by atoms with Crippen molar-refractivity contribution in [3.05, 3.63) is 15.6 Å². The Balaban J connectivity index is 2.08. The van der Waals surface area contributed by atoms with E-state index in [1.807, 2.05) is 51.5 Å². The number of likely N-dealkylation sites (tertiary alicyclic amines) is 1. The molecule has 2 atom stereocenters. The summed E-state index contributed by atoms with van der Waals surface area (Å²) in [6.07, 6.45) is 1.74. The molecule has 2 amide bonds. The molecule has 2 heterocycles. The molecular weight excluding hydrogens is 334 g/mol. The van der Waals surface area contributed by atoms with E-state index in [4.69, 9.17) is 0 Å². The van der Waals surface area contributed by atoms with Crippen LogP contribution < -0.4 is 0 Å². The van der Waals surface area contributed by atoms with Crippen molar-refractivity contribution >= 4 is 23.2 Å². The van der Waals surface area contributed by atoms with Gasteiger partial charge < -0.3 is 9.80 Å². The van der Waals surface area contributed by atoms with E-state index in [0.29, 0.717) is 6.54 Å². The summed E-state index contributed by atoms with van der Waals surface area (Å²) in [5.41, 5.74) is 0.601. The van der Waals surface area contributed by atoms with Gasteiger partial charge in [0, 0.05) is 30.4 Å². The normalized spacial score (nSPS) is 19.6. The Hall–Kier alpha value is -1.43. The second kappa shape index (κ2) is 7.44. The smallest absolute Gasteiger partial charge is 0.227 e. The van der Waals surface area contributed by atoms with Crippen LogP contribution >= 0.6 is 11.3 Å². The van der Waals surface area contributed by atoms with E-state index in [-0.39, 0.29) is 23.8 Å². The second-order valence-electron chi connectivity index (χ2n) is 8.15. The molecule has 1 aliphatic rings. The standard InChI is InChI=1S/C19H31N3O2S/c1-12-16(25-14(3)20-12)13(2)21(7)17(23)15-9-8-10-22(11-15)18(24)19(4,5)6/h13,15H,8-11H2,1-7H3. The molecule has 1 aromatic rings. The molecule has 2 rings (SSSR count). The molecule has 0 radical (unpaired) electrons. The van der Waals surface area contributed by atoms with Gasteiger partial charge in [-0.2, -0.15) is 0 Å². The fourth-order valence-corrected chi connectivity index (χ4v) is 4.45. The van der Waals surface area contributed by atoms with Crippen LogP contribution in [0.4, 0.5) is 0 Å². The summed E-state index contributed by atoms with van der Waals surface area (Å²) in [6.45, 7) is 13.1. The van der Waals surface area contributed by atoms with Gasteiger partial charge in [-0.25, -0.2) is 4.98 Å². The number of thiazole rings is 1. The van der Waals surface area contributed by atoms with Crippen molar-refractivity contribution in [3.63, 3.8) is 0 Å². The fraction of sp³-hybridized carbons (Fsp3) is 0.737. The Labute approximate surface area is 155 Å². The van der Waals surface area contributed by atoms with E-state index in [9.17, 15) is 9.59 Å². The summed E-state index contributed by atoms with van der Waals surface area (Å²) in [7, 11) is 1.87. The monoisotopic (exact) mass is 365 g/mol. The number of rotatable bonds is 3. The lowest BCUT2D eigenvalue weighted by atomic mass is 9.90. The van der Waals surface area contributed by atoms with Crippen molar-refractivity contribution in [2.45, 2.75) is 60.4 Å². The molecule has 1 aromatic heterocycles. The molecule has 1 aliphatic heterocycles. The molecule has 0 spiro atoms. The SMILES string of the molecule is Cc1nc(C)c(C(C)N(C)C(=O)C2CCCN(C(=O)C(C)(C)C)C2)s1. The first-order valence-corrected chi connectivity index (χ1v) is 9.84. The van der Waals surface area contributed by atoms with Crippen molar-refractivity contribution < 1.29 is 9.59 Å². The van der Waals surface area contributed by atoms with Crippen LogP contribution in [0.3, 0.4) is 0 Å². The Morgan fingerprint density at radius 3 is 2.48 bits per heavy atom. The van der Waals surface area contributed by atoms with Crippen molar-refractivity contribution in [1.29, 1.82) is 0 Å². The van der Waals surface area contributed by atoms with Gasteiger partial charge in [-0.15, -0.1) is 11.3 Å². The number of piperidine rings is 1. The highest BCUT2D eigenvalue weighted by Crippen LogP contribution is 2.31. The number of nitrogens with zero attached hydrogens (tertiary/aromatic N) is 3. The first-order valence-electron chi connectivity index (χ1n) is 9.02. The number of aryl methyl sites for hydroxylation is 2. The average Bonchev–Trinajstić information content (AvgIpc) is 2.89. The molecule has 0 N–H and O–H groups in total. The van der Waals surface area contributed by atoms with E-state index >= 15 is 0 Å². The molecule has 1 saturated heterocycles. The molecule has 0 bridgehead atoms. The quantitative estimate of drug-likeness (QED) is 0.823. The molecule has 140 valence electrons. The largest absolute Gasteiger partial charge is 0.341 e. The summed E-state index contributed by atoms with van der Waals surface area (Å²) in [5, 5.41) is 1.03. The van der Waals surface area contributed by atoms with Gasteiger partial charge in [0.15, 0.2) is 0 Å². The third-order valence-corrected chi connectivity index (χ3v) is 6.19. The summed E-state index contributed by atoms with van der Waals surface area (Å²) in [6, 6.07) is 0.00685. The van der Waals surface area contributed by atoms with Crippen LogP contribution in [0.25, 0.3) is 0 Å². The van der Waals surface area contributed by atoms with Crippen molar-refractivity contribution in [2.75, 3.05) is 20.1 Å². The zero-order valence-electron chi connectivity index (χ0n) is 16.5. The Morgan fingerprint density at radius 2 is 1.96 bits per heavy atom. The minimum atomic E-state index is -0.401. The molecule has 5 nitrogen and oxygen atoms in total. The zero-order chi connectivity index (χ0) is 18.9. The number of amides is 2. The van der Waals surface area contributed by atoms with Crippen LogP contribution in [0.5, 0.6) is 0 Å². The van der Waals surface area contributed by atoms with Gasteiger partial charge in [0.1, 0.15) is 0 Å². The molecule has 0 saturated carbocycles. The number of carbonyl (C=O) groups is 2. The molecule has 0 aromatic carbocycles. The van der Waals surface area contributed by atoms with Gasteiger partial charge in [0.2, 0.25) is 11.8 Å². The highest BCUT2D eigenvalue weighted by molar-refractivity contribution is 7.11. The number of aromatic nitrogens is 1. The highest BCUT2D eigenvalue weighted by Gasteiger charge is 2.35. The minimum Gasteiger partial charge on any atom is -0.341 e. The van der Waals surface area contributed by atoms with E-state index in [1.54, 1.807) is 11.3 Å². The second-order valence-corrected chi connectivity index (χ2v) is 9.38. The molecule has 25 heavy (non-hydrogen) atoms. The maximum absolute atomic E-state index is 13.0. The Bertz CT molecular complexity index is 648. The third kappa shape index (κ3) is 4.40. The zero-order valence-corrected chi connectivity index (χ0v) is 17.4. The maximum Gasteiger partial charge on any atom is 0.227 e. The van der Waals surface area contributed by atoms with Crippen molar-refractivity contribution in [1.82, 2.24) is 14.8 Å². The molecule has 2 unspecified atom stereocenters. The molecule has 1 fully saturated rings. The van der Waals surface area contributed by atoms with E-state index in [1.165, 1.54) is 0 Å². The third-order valence-electron chi connectivity index (χ3n) is 4.95. The van der Waals surface area contributed by atoms with Gasteiger partial charge in [0.05, 0.1) is 22.7 Å². The van der Waals surface area contributed by atoms with Crippen molar-refractivity contribution in [3.8, 4) is 0 Å². The van der Waals surface area contributed by atoms with E-state index < -0.39 is 5.41 Å². The Kier molecular flexibility index (Phi) is 5.92. The lowest BCUT2D eigenvalue weighted by Gasteiger charge is -2.38. The number of hydrogen-bond acceptors (Lipinski definition) is 4. The summed E-state index contributed by atoms with van der Waals surface area (Å²) < 4.78 is 0. The average molecular weight is 366 g/mol. The Morgan fingerprint density at radius 1 is 1.32 bits per heavy atom. The lowest BCUT2D eigenvalue weighted by Crippen LogP contribution is -2.49. The predicted octanol–water partition coefficient (Wildman–Crippen LogP) is 3.56. The van der Waals surface area contributed by atoms with Gasteiger partial charge >= 0.3 is 0 Å². The molecule has 6 heteroatoms. The molecular formula is C19H31N3O2S. The fourth-order valence-electron chi connectivity index (χ4n) is 3.43. The van der Waals surface area contributed by atoms with Gasteiger partial charge in [-0.3, -0.25) is 9.59 Å². The van der Waals surface area contributed by atoms with Crippen LogP contribution in [0.2, 0.25) is 0 Å². The van der Waals surface area contributed by atoms with Crippen LogP contribution in [0, 0.1) is 25.2 Å². The number of carbonyl (C=O) groups excluding carboxylic acids is 2. The van der Waals surface area contributed by atoms with E-state index in [0.717, 1.165) is 35.0 Å². The summed E-state index contributed by atoms with van der Waals surface area (Å²) in [4.78, 5) is 34.9. The first kappa shape index (κ1) is 19.9. The van der Waals surface area contributed by atoms with Crippen molar-refractivity contribution in [2.24, 2.45) is 11.3 Å². The van der Waals surface area contributed by atoms with Crippen LogP contribution in [-0.2, 0) is 9.59 Å². The lowest BCUT2D eigenvalue weighted by molar-refractivity contribution is -0.145. The summed E-state index contributed by atoms with van der Waals surface area (Å²) in [5.74, 6) is 0.154. The van der Waals surface area contributed by atoms with Gasteiger partial charge in [-0.1, -0.05) is 20.8 Å². The topological polar surface area (TPSA) is 53.5 Å². The predicted molar refractivity (Wildman–Crippen MR) is 102 cm³/mol. The van der Waals surface area contributed by atoms with Crippen LogP contribution in [0.15, 0.2) is 0 Å². The first-order chi connectivity index (χ1) is 11.5.